The molecule has 306 valence electrons. The van der Waals surface area contributed by atoms with Crippen molar-refractivity contribution in [2.45, 2.75) is 103 Å². The molecule has 0 unspecified atom stereocenters. The number of amides is 4. The molecule has 2 heterocycles. The molecule has 4 atom stereocenters. The second kappa shape index (κ2) is 18.3. The van der Waals surface area contributed by atoms with E-state index in [9.17, 15) is 29.4 Å². The molecule has 4 amide bonds. The fraction of sp³-hybridized carbons (Fsp3) is 0.391. The van der Waals surface area contributed by atoms with Crippen LogP contribution >= 0.6 is 0 Å². The summed E-state index contributed by atoms with van der Waals surface area (Å²) in [5, 5.41) is 26.0. The van der Waals surface area contributed by atoms with Crippen LogP contribution in [0, 0.1) is 27.7 Å². The Balaban J connectivity index is 1.04. The zero-order valence-corrected chi connectivity index (χ0v) is 33.9. The summed E-state index contributed by atoms with van der Waals surface area (Å²) in [6.45, 7) is 8.74. The SMILES string of the molecule is Cc1cc(O)cc(C)c1C[C@H](N)C(=O)N1Cc2ccccc2C[C@H]1C(=O)NCCCCNC(=O)[C@@H]1Cc2ccccc2CN1C(=O)[C@@H](N)Cc1c(C)cc(O)cc1C. The molecule has 12 nitrogen and oxygen atoms in total. The highest BCUT2D eigenvalue weighted by atomic mass is 16.3. The van der Waals surface area contributed by atoms with Crippen LogP contribution in [0.3, 0.4) is 0 Å². The first-order valence-electron chi connectivity index (χ1n) is 20.1. The average Bonchev–Trinajstić information content (AvgIpc) is 3.19. The van der Waals surface area contributed by atoms with Gasteiger partial charge in [0.2, 0.25) is 23.6 Å². The molecule has 12 heteroatoms. The van der Waals surface area contributed by atoms with Crippen molar-refractivity contribution < 1.29 is 29.4 Å². The lowest BCUT2D eigenvalue weighted by atomic mass is 9.91. The van der Waals surface area contributed by atoms with Crippen LogP contribution in [0.4, 0.5) is 0 Å². The van der Waals surface area contributed by atoms with Gasteiger partial charge in [-0.2, -0.15) is 0 Å². The predicted octanol–water partition coefficient (Wildman–Crippen LogP) is 3.69. The Hall–Kier alpha value is -5.72. The minimum Gasteiger partial charge on any atom is -0.508 e. The van der Waals surface area contributed by atoms with E-state index in [2.05, 4.69) is 10.6 Å². The summed E-state index contributed by atoms with van der Waals surface area (Å²) < 4.78 is 0. The number of nitrogens with two attached hydrogens (primary N) is 2. The van der Waals surface area contributed by atoms with Gasteiger partial charge in [0.25, 0.3) is 0 Å². The average molecular weight is 789 g/mol. The van der Waals surface area contributed by atoms with Gasteiger partial charge in [0.05, 0.1) is 12.1 Å². The summed E-state index contributed by atoms with van der Waals surface area (Å²) in [5.74, 6) is -0.829. The van der Waals surface area contributed by atoms with E-state index < -0.39 is 24.2 Å². The number of hydrogen-bond acceptors (Lipinski definition) is 8. The van der Waals surface area contributed by atoms with Gasteiger partial charge >= 0.3 is 0 Å². The van der Waals surface area contributed by atoms with E-state index in [1.165, 1.54) is 0 Å². The monoisotopic (exact) mass is 788 g/mol. The van der Waals surface area contributed by atoms with Crippen molar-refractivity contribution in [1.29, 1.82) is 0 Å². The minimum atomic E-state index is -0.877. The fourth-order valence-electron chi connectivity index (χ4n) is 8.51. The van der Waals surface area contributed by atoms with E-state index in [4.69, 9.17) is 11.5 Å². The number of carbonyl (C=O) groups is 4. The van der Waals surface area contributed by atoms with Gasteiger partial charge in [-0.15, -0.1) is 0 Å². The molecule has 0 aliphatic carbocycles. The third-order valence-electron chi connectivity index (χ3n) is 11.7. The number of phenolic OH excluding ortho intramolecular Hbond substituents is 2. The third kappa shape index (κ3) is 9.52. The van der Waals surface area contributed by atoms with Crippen LogP contribution < -0.4 is 22.1 Å². The maximum atomic E-state index is 13.9. The van der Waals surface area contributed by atoms with E-state index in [1.54, 1.807) is 34.1 Å². The maximum absolute atomic E-state index is 13.9. The van der Waals surface area contributed by atoms with Gasteiger partial charge in [-0.05, 0) is 133 Å². The molecule has 0 bridgehead atoms. The van der Waals surface area contributed by atoms with Gasteiger partial charge in [0, 0.05) is 39.0 Å². The van der Waals surface area contributed by atoms with Crippen LogP contribution in [0.25, 0.3) is 0 Å². The van der Waals surface area contributed by atoms with Crippen molar-refractivity contribution in [3.8, 4) is 11.5 Å². The predicted molar refractivity (Wildman–Crippen MR) is 223 cm³/mol. The second-order valence-electron chi connectivity index (χ2n) is 15.9. The number of benzene rings is 4. The van der Waals surface area contributed by atoms with E-state index in [1.807, 2.05) is 76.2 Å². The standard InChI is InChI=1S/C46H56N6O6/c1-27-17-35(53)18-28(2)37(27)23-39(47)45(57)51-25-33-13-7-5-11-31(33)21-41(51)43(55)49-15-9-10-16-50-44(56)42-22-32-12-6-8-14-34(32)26-52(42)46(58)40(48)24-38-29(3)19-36(54)20-30(38)4/h5-8,11-14,17-20,39-42,53-54H,9-10,15-16,21-26,47-48H2,1-4H3,(H,49,55)(H,50,56)/t39-,40-,41-,42-/m0/s1. The Kier molecular flexibility index (Phi) is 13.2. The summed E-state index contributed by atoms with van der Waals surface area (Å²) in [6, 6.07) is 19.0. The molecule has 0 saturated carbocycles. The highest BCUT2D eigenvalue weighted by molar-refractivity contribution is 5.91. The summed E-state index contributed by atoms with van der Waals surface area (Å²) in [6.07, 6.45) is 2.44. The largest absolute Gasteiger partial charge is 0.508 e. The lowest BCUT2D eigenvalue weighted by molar-refractivity contribution is -0.143. The van der Waals surface area contributed by atoms with Crippen LogP contribution in [0.2, 0.25) is 0 Å². The second-order valence-corrected chi connectivity index (χ2v) is 15.9. The number of aryl methyl sites for hydroxylation is 4. The van der Waals surface area contributed by atoms with Gasteiger partial charge in [0.15, 0.2) is 0 Å². The van der Waals surface area contributed by atoms with E-state index >= 15 is 0 Å². The van der Waals surface area contributed by atoms with Gasteiger partial charge in [0.1, 0.15) is 23.6 Å². The van der Waals surface area contributed by atoms with E-state index in [-0.39, 0.29) is 61.1 Å². The van der Waals surface area contributed by atoms with Gasteiger partial charge in [-0.1, -0.05) is 48.5 Å². The number of rotatable bonds is 13. The van der Waals surface area contributed by atoms with E-state index in [0.29, 0.717) is 38.8 Å². The highest BCUT2D eigenvalue weighted by Crippen LogP contribution is 2.28. The number of unbranched alkanes of at least 4 members (excludes halogenated alkanes) is 1. The van der Waals surface area contributed by atoms with Crippen LogP contribution in [0.15, 0.2) is 72.8 Å². The minimum absolute atomic E-state index is 0.161. The Morgan fingerprint density at radius 1 is 0.603 bits per heavy atom. The van der Waals surface area contributed by atoms with Gasteiger partial charge in [-0.25, -0.2) is 0 Å². The van der Waals surface area contributed by atoms with Crippen LogP contribution in [0.1, 0.15) is 68.5 Å². The molecule has 8 N–H and O–H groups in total. The molecule has 58 heavy (non-hydrogen) atoms. The Morgan fingerprint density at radius 3 is 1.28 bits per heavy atom. The lowest BCUT2D eigenvalue weighted by Crippen LogP contribution is -2.57. The zero-order chi connectivity index (χ0) is 41.7. The summed E-state index contributed by atoms with van der Waals surface area (Å²) >= 11 is 0. The highest BCUT2D eigenvalue weighted by Gasteiger charge is 2.38. The van der Waals surface area contributed by atoms with Crippen molar-refractivity contribution in [3.63, 3.8) is 0 Å². The third-order valence-corrected chi connectivity index (χ3v) is 11.7. The molecular weight excluding hydrogens is 733 g/mol. The Labute approximate surface area is 340 Å². The Morgan fingerprint density at radius 2 is 0.931 bits per heavy atom. The Bertz CT molecular complexity index is 1990. The summed E-state index contributed by atoms with van der Waals surface area (Å²) in [5.41, 5.74) is 22.2. The number of aromatic hydroxyl groups is 2. The molecule has 6 rings (SSSR count). The molecule has 4 aromatic carbocycles. The van der Waals surface area contributed by atoms with Crippen molar-refractivity contribution >= 4 is 23.6 Å². The quantitative estimate of drug-likeness (QED) is 0.111. The topological polar surface area (TPSA) is 191 Å². The first-order chi connectivity index (χ1) is 27.7. The first kappa shape index (κ1) is 41.9. The summed E-state index contributed by atoms with van der Waals surface area (Å²) in [4.78, 5) is 58.4. The number of carbonyl (C=O) groups excluding carboxylic acids is 4. The maximum Gasteiger partial charge on any atom is 0.243 e. The molecule has 0 radical (unpaired) electrons. The molecule has 2 aliphatic heterocycles. The van der Waals surface area contributed by atoms with Crippen molar-refractivity contribution in [3.05, 3.63) is 128 Å². The molecular formula is C46H56N6O6. The molecule has 0 saturated heterocycles. The van der Waals surface area contributed by atoms with E-state index in [0.717, 1.165) is 55.6 Å². The summed E-state index contributed by atoms with van der Waals surface area (Å²) in [7, 11) is 0. The molecule has 0 aromatic heterocycles. The number of nitrogens with one attached hydrogen (secondary N) is 2. The van der Waals surface area contributed by atoms with Crippen molar-refractivity contribution in [2.24, 2.45) is 11.5 Å². The van der Waals surface area contributed by atoms with Gasteiger partial charge < -0.3 is 42.1 Å². The smallest absolute Gasteiger partial charge is 0.243 e. The van der Waals surface area contributed by atoms with Crippen molar-refractivity contribution in [2.75, 3.05) is 13.1 Å². The molecule has 2 aliphatic rings. The van der Waals surface area contributed by atoms with Gasteiger partial charge in [-0.3, -0.25) is 19.2 Å². The number of nitrogens with zero attached hydrogens (tertiary/aromatic N) is 2. The molecule has 0 fully saturated rings. The van der Waals surface area contributed by atoms with Crippen LogP contribution in [-0.2, 0) is 58.0 Å². The molecule has 0 spiro atoms. The number of fused-ring (bicyclic) bond motifs is 2. The zero-order valence-electron chi connectivity index (χ0n) is 33.9. The molecule has 4 aromatic rings. The number of hydrogen-bond donors (Lipinski definition) is 6. The van der Waals surface area contributed by atoms with Crippen LogP contribution in [0.5, 0.6) is 11.5 Å². The normalized spacial score (nSPS) is 17.1. The number of phenols is 2. The van der Waals surface area contributed by atoms with Crippen molar-refractivity contribution in [1.82, 2.24) is 20.4 Å². The van der Waals surface area contributed by atoms with Crippen LogP contribution in [-0.4, -0.2) is 80.9 Å². The first-order valence-corrected chi connectivity index (χ1v) is 20.1. The lowest BCUT2D eigenvalue weighted by Gasteiger charge is -2.37. The fourth-order valence-corrected chi connectivity index (χ4v) is 8.51.